The number of rotatable bonds is 2. The Kier molecular flexibility index (Phi) is 3.92. The van der Waals surface area contributed by atoms with E-state index in [-0.39, 0.29) is 5.41 Å². The summed E-state index contributed by atoms with van der Waals surface area (Å²) in [6, 6.07) is 10.4. The second-order valence-corrected chi connectivity index (χ2v) is 8.72. The second-order valence-electron chi connectivity index (χ2n) is 6.84. The van der Waals surface area contributed by atoms with Gasteiger partial charge in [-0.15, -0.1) is 10.2 Å². The number of fused-ring (bicyclic) bond motifs is 1. The molecule has 0 aliphatic rings. The first kappa shape index (κ1) is 16.4. The van der Waals surface area contributed by atoms with Gasteiger partial charge in [-0.3, -0.25) is 4.98 Å². The fraction of sp³-hybridized carbons (Fsp3) is 0.222. The van der Waals surface area contributed by atoms with Gasteiger partial charge in [0.1, 0.15) is 5.01 Å². The first-order valence-corrected chi connectivity index (χ1v) is 9.47. The highest BCUT2D eigenvalue weighted by atomic mass is 79.9. The molecular formula is C18H16BrN5S. The Bertz CT molecular complexity index is 1040. The minimum atomic E-state index is 0.125. The minimum absolute atomic E-state index is 0.125. The predicted octanol–water partition coefficient (Wildman–Crippen LogP) is 4.97. The fourth-order valence-corrected chi connectivity index (χ4v) is 3.75. The Morgan fingerprint density at radius 1 is 1.00 bits per heavy atom. The van der Waals surface area contributed by atoms with Crippen molar-refractivity contribution < 1.29 is 0 Å². The van der Waals surface area contributed by atoms with Crippen LogP contribution in [0.3, 0.4) is 0 Å². The van der Waals surface area contributed by atoms with Gasteiger partial charge >= 0.3 is 0 Å². The molecule has 126 valence electrons. The van der Waals surface area contributed by atoms with E-state index in [0.29, 0.717) is 0 Å². The lowest BCUT2D eigenvalue weighted by molar-refractivity contribution is 0.590. The highest BCUT2D eigenvalue weighted by Gasteiger charge is 2.17. The molecule has 25 heavy (non-hydrogen) atoms. The topological polar surface area (TPSA) is 56.0 Å². The first-order valence-electron chi connectivity index (χ1n) is 7.86. The van der Waals surface area contributed by atoms with E-state index in [1.54, 1.807) is 16.9 Å². The van der Waals surface area contributed by atoms with Crippen molar-refractivity contribution in [3.05, 3.63) is 52.8 Å². The minimum Gasteiger partial charge on any atom is -0.263 e. The smallest absolute Gasteiger partial charge is 0.235 e. The van der Waals surface area contributed by atoms with E-state index in [1.165, 1.54) is 16.9 Å². The highest BCUT2D eigenvalue weighted by molar-refractivity contribution is 9.10. The number of hydrogen-bond acceptors (Lipinski definition) is 5. The molecule has 3 aromatic heterocycles. The van der Waals surface area contributed by atoms with Crippen LogP contribution in [0.25, 0.3) is 26.9 Å². The van der Waals surface area contributed by atoms with Gasteiger partial charge in [0.2, 0.25) is 4.96 Å². The zero-order valence-corrected chi connectivity index (χ0v) is 16.5. The molecule has 0 aliphatic carbocycles. The van der Waals surface area contributed by atoms with Gasteiger partial charge < -0.3 is 0 Å². The van der Waals surface area contributed by atoms with E-state index in [4.69, 9.17) is 0 Å². The lowest BCUT2D eigenvalue weighted by atomic mass is 9.87. The van der Waals surface area contributed by atoms with Crippen molar-refractivity contribution in [2.45, 2.75) is 26.2 Å². The molecule has 0 unspecified atom stereocenters. The maximum atomic E-state index is 4.68. The lowest BCUT2D eigenvalue weighted by Crippen LogP contribution is -2.10. The summed E-state index contributed by atoms with van der Waals surface area (Å²) in [5.74, 6) is 0.751. The molecule has 0 N–H and O–H groups in total. The van der Waals surface area contributed by atoms with Crippen LogP contribution in [0.4, 0.5) is 0 Å². The third-order valence-electron chi connectivity index (χ3n) is 3.95. The van der Waals surface area contributed by atoms with Crippen LogP contribution in [0.1, 0.15) is 26.3 Å². The third-order valence-corrected chi connectivity index (χ3v) is 5.33. The van der Waals surface area contributed by atoms with Crippen molar-refractivity contribution in [1.29, 1.82) is 0 Å². The summed E-state index contributed by atoms with van der Waals surface area (Å²) in [6.45, 7) is 6.61. The Morgan fingerprint density at radius 3 is 2.44 bits per heavy atom. The second kappa shape index (κ2) is 6.00. The maximum absolute atomic E-state index is 4.68. The Hall–Kier alpha value is -2.12. The average molecular weight is 414 g/mol. The van der Waals surface area contributed by atoms with Gasteiger partial charge in [-0.2, -0.15) is 9.61 Å². The normalized spacial score (nSPS) is 12.0. The molecular weight excluding hydrogens is 398 g/mol. The van der Waals surface area contributed by atoms with Crippen LogP contribution in [0.5, 0.6) is 0 Å². The molecule has 0 amide bonds. The van der Waals surface area contributed by atoms with Gasteiger partial charge in [0, 0.05) is 28.0 Å². The molecule has 0 bridgehead atoms. The summed E-state index contributed by atoms with van der Waals surface area (Å²) >= 11 is 4.95. The van der Waals surface area contributed by atoms with Gasteiger partial charge in [-0.05, 0) is 33.0 Å². The molecule has 3 heterocycles. The van der Waals surface area contributed by atoms with Gasteiger partial charge in [0.15, 0.2) is 5.82 Å². The molecule has 5 nitrogen and oxygen atoms in total. The summed E-state index contributed by atoms with van der Waals surface area (Å²) in [5, 5.41) is 14.1. The van der Waals surface area contributed by atoms with Crippen LogP contribution < -0.4 is 0 Å². The van der Waals surface area contributed by atoms with Crippen LogP contribution >= 0.6 is 27.3 Å². The van der Waals surface area contributed by atoms with E-state index in [0.717, 1.165) is 31.4 Å². The standard InChI is InChI=1S/C18H16BrN5S/c1-18(2,3)13-6-4-11(5-7-13)15-21-22-17-24(15)23-16(25-17)12-8-14(19)10-20-9-12/h4-10H,1-3H3. The number of nitrogens with zero attached hydrogens (tertiary/aromatic N) is 5. The number of benzene rings is 1. The molecule has 0 saturated carbocycles. The molecule has 4 rings (SSSR count). The summed E-state index contributed by atoms with van der Waals surface area (Å²) in [5.41, 5.74) is 3.38. The van der Waals surface area contributed by atoms with Gasteiger partial charge in [0.05, 0.1) is 0 Å². The van der Waals surface area contributed by atoms with Crippen molar-refractivity contribution in [1.82, 2.24) is 24.8 Å². The zero-order chi connectivity index (χ0) is 17.6. The fourth-order valence-electron chi connectivity index (χ4n) is 2.56. The zero-order valence-electron chi connectivity index (χ0n) is 14.1. The van der Waals surface area contributed by atoms with Crippen LogP contribution in [0.2, 0.25) is 0 Å². The van der Waals surface area contributed by atoms with Crippen molar-refractivity contribution >= 4 is 32.2 Å². The molecule has 1 aromatic carbocycles. The SMILES string of the molecule is CC(C)(C)c1ccc(-c2nnc3sc(-c4cncc(Br)c4)nn23)cc1. The number of halogens is 1. The van der Waals surface area contributed by atoms with E-state index < -0.39 is 0 Å². The van der Waals surface area contributed by atoms with Crippen LogP contribution in [0, 0.1) is 0 Å². The molecule has 0 fully saturated rings. The summed E-state index contributed by atoms with van der Waals surface area (Å²) < 4.78 is 2.72. The highest BCUT2D eigenvalue weighted by Crippen LogP contribution is 2.30. The molecule has 0 aliphatic heterocycles. The Balaban J connectivity index is 1.76. The molecule has 7 heteroatoms. The molecule has 0 atom stereocenters. The van der Waals surface area contributed by atoms with Crippen molar-refractivity contribution in [2.75, 3.05) is 0 Å². The summed E-state index contributed by atoms with van der Waals surface area (Å²) in [6.07, 6.45) is 3.56. The number of hydrogen-bond donors (Lipinski definition) is 0. The number of aromatic nitrogens is 5. The quantitative estimate of drug-likeness (QED) is 0.465. The van der Waals surface area contributed by atoms with Gasteiger partial charge in [0.25, 0.3) is 0 Å². The number of pyridine rings is 1. The molecule has 4 aromatic rings. The van der Waals surface area contributed by atoms with Crippen LogP contribution in [-0.4, -0.2) is 24.8 Å². The summed E-state index contributed by atoms with van der Waals surface area (Å²) in [4.78, 5) is 4.97. The largest absolute Gasteiger partial charge is 0.263 e. The van der Waals surface area contributed by atoms with Gasteiger partial charge in [-0.25, -0.2) is 0 Å². The van der Waals surface area contributed by atoms with Crippen molar-refractivity contribution in [3.63, 3.8) is 0 Å². The average Bonchev–Trinajstić information content (AvgIpc) is 3.14. The molecule has 0 radical (unpaired) electrons. The molecule has 0 saturated heterocycles. The molecule has 0 spiro atoms. The Labute approximate surface area is 157 Å². The van der Waals surface area contributed by atoms with E-state index in [2.05, 4.69) is 81.2 Å². The van der Waals surface area contributed by atoms with Gasteiger partial charge in [-0.1, -0.05) is 56.4 Å². The van der Waals surface area contributed by atoms with E-state index >= 15 is 0 Å². The van der Waals surface area contributed by atoms with Crippen molar-refractivity contribution in [2.24, 2.45) is 0 Å². The van der Waals surface area contributed by atoms with Crippen LogP contribution in [-0.2, 0) is 5.41 Å². The van der Waals surface area contributed by atoms with Crippen LogP contribution in [0.15, 0.2) is 47.2 Å². The maximum Gasteiger partial charge on any atom is 0.235 e. The van der Waals surface area contributed by atoms with Crippen molar-refractivity contribution in [3.8, 4) is 22.0 Å². The predicted molar refractivity (Wildman–Crippen MR) is 104 cm³/mol. The monoisotopic (exact) mass is 413 g/mol. The third kappa shape index (κ3) is 3.09. The van der Waals surface area contributed by atoms with E-state index in [9.17, 15) is 0 Å². The summed E-state index contributed by atoms with van der Waals surface area (Å²) in [7, 11) is 0. The lowest BCUT2D eigenvalue weighted by Gasteiger charge is -2.18. The first-order chi connectivity index (χ1) is 11.9. The Morgan fingerprint density at radius 2 is 1.76 bits per heavy atom. The van der Waals surface area contributed by atoms with E-state index in [1.807, 2.05) is 6.07 Å².